The Balaban J connectivity index is 1.81. The number of anilines is 2. The highest BCUT2D eigenvalue weighted by Gasteiger charge is 2.25. The Hall–Kier alpha value is -4.26. The van der Waals surface area contributed by atoms with E-state index in [1.807, 2.05) is 48.8 Å². The smallest absolute Gasteiger partial charge is 0.200 e. The van der Waals surface area contributed by atoms with Crippen LogP contribution in [0.1, 0.15) is 22.6 Å². The van der Waals surface area contributed by atoms with Gasteiger partial charge in [0.15, 0.2) is 17.2 Å². The Labute approximate surface area is 171 Å². The summed E-state index contributed by atoms with van der Waals surface area (Å²) in [7, 11) is 0. The minimum atomic E-state index is -0.545. The van der Waals surface area contributed by atoms with Gasteiger partial charge in [0.2, 0.25) is 0 Å². The summed E-state index contributed by atoms with van der Waals surface area (Å²) in [5.74, 6) is -1.67. The Morgan fingerprint density at radius 2 is 1.13 bits per heavy atom. The maximum atomic E-state index is 10.2. The molecule has 3 aromatic carbocycles. The monoisotopic (exact) mass is 400 g/mol. The van der Waals surface area contributed by atoms with Gasteiger partial charge < -0.3 is 36.8 Å². The van der Waals surface area contributed by atoms with Crippen LogP contribution in [0.2, 0.25) is 0 Å². The maximum absolute atomic E-state index is 10.2. The number of phenols is 3. The summed E-state index contributed by atoms with van der Waals surface area (Å²) in [6.45, 7) is 0. The number of benzene rings is 3. The summed E-state index contributed by atoms with van der Waals surface area (Å²) in [5, 5.41) is 32.1. The van der Waals surface area contributed by atoms with Crippen LogP contribution in [0.25, 0.3) is 21.8 Å². The Kier molecular flexibility index (Phi) is 3.79. The molecule has 0 saturated heterocycles. The molecular weight excluding hydrogens is 380 g/mol. The SMILES string of the molecule is Nc1ccc2c(C(c3cc(O)c(O)c(O)c3)c3c[nH]c4cc(N)ccc34)c[nH]c2c1. The van der Waals surface area contributed by atoms with Crippen LogP contribution in [0.5, 0.6) is 17.2 Å². The lowest BCUT2D eigenvalue weighted by Crippen LogP contribution is -2.02. The third kappa shape index (κ3) is 2.68. The number of aromatic nitrogens is 2. The third-order valence-electron chi connectivity index (χ3n) is 5.52. The fourth-order valence-corrected chi connectivity index (χ4v) is 4.13. The molecule has 150 valence electrons. The van der Waals surface area contributed by atoms with Gasteiger partial charge in [-0.2, -0.15) is 0 Å². The highest BCUT2D eigenvalue weighted by molar-refractivity contribution is 5.91. The molecule has 2 aromatic heterocycles. The van der Waals surface area contributed by atoms with Crippen LogP contribution < -0.4 is 11.5 Å². The summed E-state index contributed by atoms with van der Waals surface area (Å²) in [6.07, 6.45) is 3.79. The fourth-order valence-electron chi connectivity index (χ4n) is 4.13. The Bertz CT molecular complexity index is 1310. The molecule has 9 N–H and O–H groups in total. The van der Waals surface area contributed by atoms with Crippen molar-refractivity contribution < 1.29 is 15.3 Å². The summed E-state index contributed by atoms with van der Waals surface area (Å²) in [6, 6.07) is 14.2. The maximum Gasteiger partial charge on any atom is 0.200 e. The molecule has 5 aromatic rings. The van der Waals surface area contributed by atoms with Crippen molar-refractivity contribution in [3.63, 3.8) is 0 Å². The molecular formula is C23H20N4O3. The van der Waals surface area contributed by atoms with E-state index in [-0.39, 0.29) is 17.4 Å². The number of aromatic amines is 2. The molecule has 7 nitrogen and oxygen atoms in total. The number of fused-ring (bicyclic) bond motifs is 2. The van der Waals surface area contributed by atoms with Crippen molar-refractivity contribution in [2.45, 2.75) is 5.92 Å². The zero-order valence-electron chi connectivity index (χ0n) is 15.8. The standard InChI is InChI=1S/C23H20N4O3/c24-12-1-3-14-16(9-26-18(14)7-12)22(11-5-20(28)23(30)21(29)6-11)17-10-27-19-8-13(25)2-4-15(17)19/h1-10,22,26-30H,24-25H2. The molecule has 5 rings (SSSR count). The zero-order valence-corrected chi connectivity index (χ0v) is 15.8. The fraction of sp³-hybridized carbons (Fsp3) is 0.0435. The quantitative estimate of drug-likeness (QED) is 0.180. The zero-order chi connectivity index (χ0) is 21.0. The van der Waals surface area contributed by atoms with E-state index in [0.29, 0.717) is 16.9 Å². The topological polar surface area (TPSA) is 144 Å². The number of hydrogen-bond acceptors (Lipinski definition) is 5. The van der Waals surface area contributed by atoms with Gasteiger partial charge >= 0.3 is 0 Å². The van der Waals surface area contributed by atoms with Crippen molar-refractivity contribution in [1.82, 2.24) is 9.97 Å². The predicted octanol–water partition coefficient (Wildman–Crippen LogP) is 4.11. The molecule has 0 bridgehead atoms. The van der Waals surface area contributed by atoms with Crippen molar-refractivity contribution in [3.8, 4) is 17.2 Å². The minimum absolute atomic E-state index is 0.350. The summed E-state index contributed by atoms with van der Waals surface area (Å²) in [5.41, 5.74) is 17.4. The van der Waals surface area contributed by atoms with Crippen LogP contribution in [-0.4, -0.2) is 25.3 Å². The number of aromatic hydroxyl groups is 3. The molecule has 0 radical (unpaired) electrons. The summed E-state index contributed by atoms with van der Waals surface area (Å²) < 4.78 is 0. The molecule has 0 fully saturated rings. The average molecular weight is 400 g/mol. The number of nitrogens with two attached hydrogens (primary N) is 2. The van der Waals surface area contributed by atoms with Gasteiger partial charge in [-0.1, -0.05) is 12.1 Å². The average Bonchev–Trinajstić information content (AvgIpc) is 3.30. The van der Waals surface area contributed by atoms with Gasteiger partial charge in [0.05, 0.1) is 0 Å². The largest absolute Gasteiger partial charge is 0.504 e. The lowest BCUT2D eigenvalue weighted by Gasteiger charge is -2.18. The number of nitrogens with one attached hydrogen (secondary N) is 2. The number of hydrogen-bond donors (Lipinski definition) is 7. The molecule has 2 heterocycles. The highest BCUT2D eigenvalue weighted by Crippen LogP contribution is 2.44. The van der Waals surface area contributed by atoms with Gasteiger partial charge in [0, 0.05) is 51.5 Å². The predicted molar refractivity (Wildman–Crippen MR) is 118 cm³/mol. The van der Waals surface area contributed by atoms with Gasteiger partial charge in [-0.05, 0) is 53.1 Å². The molecule has 0 aliphatic rings. The van der Waals surface area contributed by atoms with E-state index in [4.69, 9.17) is 11.5 Å². The van der Waals surface area contributed by atoms with E-state index >= 15 is 0 Å². The molecule has 0 saturated carbocycles. The van der Waals surface area contributed by atoms with Crippen LogP contribution in [-0.2, 0) is 0 Å². The highest BCUT2D eigenvalue weighted by atomic mass is 16.3. The molecule has 0 aliphatic heterocycles. The van der Waals surface area contributed by atoms with Crippen molar-refractivity contribution in [3.05, 3.63) is 77.6 Å². The molecule has 0 unspecified atom stereocenters. The first-order valence-corrected chi connectivity index (χ1v) is 9.40. The first-order valence-electron chi connectivity index (χ1n) is 9.40. The van der Waals surface area contributed by atoms with Crippen molar-refractivity contribution in [1.29, 1.82) is 0 Å². The Morgan fingerprint density at radius 3 is 1.60 bits per heavy atom. The molecule has 0 atom stereocenters. The van der Waals surface area contributed by atoms with E-state index in [1.54, 1.807) is 0 Å². The first kappa shape index (κ1) is 17.8. The second kappa shape index (κ2) is 6.38. The molecule has 0 aliphatic carbocycles. The second-order valence-electron chi connectivity index (χ2n) is 7.44. The van der Waals surface area contributed by atoms with Crippen molar-refractivity contribution in [2.75, 3.05) is 11.5 Å². The van der Waals surface area contributed by atoms with Crippen molar-refractivity contribution >= 4 is 33.2 Å². The van der Waals surface area contributed by atoms with E-state index in [1.165, 1.54) is 12.1 Å². The number of nitrogen functional groups attached to an aromatic ring is 2. The lowest BCUT2D eigenvalue weighted by molar-refractivity contribution is 0.367. The van der Waals surface area contributed by atoms with Gasteiger partial charge in [0.25, 0.3) is 0 Å². The molecule has 30 heavy (non-hydrogen) atoms. The molecule has 0 spiro atoms. The summed E-state index contributed by atoms with van der Waals surface area (Å²) >= 11 is 0. The van der Waals surface area contributed by atoms with Crippen molar-refractivity contribution in [2.24, 2.45) is 0 Å². The van der Waals surface area contributed by atoms with Crippen LogP contribution in [0.3, 0.4) is 0 Å². The van der Waals surface area contributed by atoms with Gasteiger partial charge in [-0.3, -0.25) is 0 Å². The van der Waals surface area contributed by atoms with E-state index in [2.05, 4.69) is 9.97 Å². The Morgan fingerprint density at radius 1 is 0.667 bits per heavy atom. The lowest BCUT2D eigenvalue weighted by atomic mass is 9.84. The van der Waals surface area contributed by atoms with Gasteiger partial charge in [-0.15, -0.1) is 0 Å². The van der Waals surface area contributed by atoms with Gasteiger partial charge in [0.1, 0.15) is 0 Å². The first-order chi connectivity index (χ1) is 14.4. The van der Waals surface area contributed by atoms with E-state index < -0.39 is 5.75 Å². The summed E-state index contributed by atoms with van der Waals surface area (Å²) in [4.78, 5) is 6.51. The second-order valence-corrected chi connectivity index (χ2v) is 7.44. The van der Waals surface area contributed by atoms with Crippen LogP contribution in [0.15, 0.2) is 60.9 Å². The van der Waals surface area contributed by atoms with E-state index in [9.17, 15) is 15.3 Å². The van der Waals surface area contributed by atoms with E-state index in [0.717, 1.165) is 32.9 Å². The normalized spacial score (nSPS) is 11.6. The number of H-pyrrole nitrogens is 2. The number of phenolic OH excluding ortho intramolecular Hbond substituents is 3. The van der Waals surface area contributed by atoms with Crippen LogP contribution in [0.4, 0.5) is 11.4 Å². The van der Waals surface area contributed by atoms with Gasteiger partial charge in [-0.25, -0.2) is 0 Å². The third-order valence-corrected chi connectivity index (χ3v) is 5.52. The van der Waals surface area contributed by atoms with Crippen LogP contribution >= 0.6 is 0 Å². The van der Waals surface area contributed by atoms with Crippen LogP contribution in [0, 0.1) is 0 Å². The molecule has 0 amide bonds. The number of rotatable bonds is 3. The minimum Gasteiger partial charge on any atom is -0.504 e. The molecule has 7 heteroatoms.